The second-order valence-corrected chi connectivity index (χ2v) is 7.83. The van der Waals surface area contributed by atoms with Crippen molar-refractivity contribution in [2.45, 2.75) is 37.6 Å². The summed E-state index contributed by atoms with van der Waals surface area (Å²) in [7, 11) is 0. The molecule has 7 nitrogen and oxygen atoms in total. The number of alkyl halides is 3. The van der Waals surface area contributed by atoms with Gasteiger partial charge in [0.25, 0.3) is 5.91 Å². The SMILES string of the molecule is O=C(COc1ccc(Cl)c(F)c1)NC1CCC(C(=O)NCc2cc(C(F)(F)F)ccn2)NC1. The molecule has 3 N–H and O–H groups in total. The fraction of sp³-hybridized carbons (Fsp3) is 0.381. The predicted octanol–water partition coefficient (Wildman–Crippen LogP) is 2.82. The van der Waals surface area contributed by atoms with E-state index in [1.54, 1.807) is 0 Å². The van der Waals surface area contributed by atoms with Gasteiger partial charge in [-0.25, -0.2) is 4.39 Å². The van der Waals surface area contributed by atoms with Crippen LogP contribution >= 0.6 is 11.6 Å². The molecule has 2 amide bonds. The lowest BCUT2D eigenvalue weighted by Gasteiger charge is -2.29. The molecule has 178 valence electrons. The van der Waals surface area contributed by atoms with Crippen LogP contribution in [0, 0.1) is 5.82 Å². The van der Waals surface area contributed by atoms with Gasteiger partial charge in [-0.3, -0.25) is 14.6 Å². The summed E-state index contributed by atoms with van der Waals surface area (Å²) in [6, 6.07) is 4.81. The van der Waals surface area contributed by atoms with E-state index in [1.807, 2.05) is 0 Å². The van der Waals surface area contributed by atoms with Crippen molar-refractivity contribution in [3.63, 3.8) is 0 Å². The van der Waals surface area contributed by atoms with Crippen molar-refractivity contribution in [2.75, 3.05) is 13.2 Å². The number of pyridine rings is 1. The minimum Gasteiger partial charge on any atom is -0.484 e. The van der Waals surface area contributed by atoms with E-state index in [9.17, 15) is 27.2 Å². The lowest BCUT2D eigenvalue weighted by molar-refractivity contribution is -0.137. The van der Waals surface area contributed by atoms with E-state index in [2.05, 4.69) is 20.9 Å². The third-order valence-corrected chi connectivity index (χ3v) is 5.25. The number of rotatable bonds is 7. The summed E-state index contributed by atoms with van der Waals surface area (Å²) in [5.74, 6) is -1.26. The van der Waals surface area contributed by atoms with Gasteiger partial charge < -0.3 is 20.7 Å². The number of hydrogen-bond acceptors (Lipinski definition) is 5. The van der Waals surface area contributed by atoms with Crippen molar-refractivity contribution in [1.82, 2.24) is 20.9 Å². The van der Waals surface area contributed by atoms with Gasteiger partial charge in [-0.05, 0) is 37.1 Å². The Morgan fingerprint density at radius 1 is 1.21 bits per heavy atom. The first-order valence-corrected chi connectivity index (χ1v) is 10.4. The summed E-state index contributed by atoms with van der Waals surface area (Å²) < 4.78 is 56.9. The Balaban J connectivity index is 1.38. The average Bonchev–Trinajstić information content (AvgIpc) is 2.78. The number of halogens is 5. The van der Waals surface area contributed by atoms with Crippen LogP contribution in [0.3, 0.4) is 0 Å². The predicted molar refractivity (Wildman–Crippen MR) is 111 cm³/mol. The monoisotopic (exact) mass is 488 g/mol. The van der Waals surface area contributed by atoms with Gasteiger partial charge in [0.05, 0.1) is 28.9 Å². The van der Waals surface area contributed by atoms with Crippen LogP contribution in [0.4, 0.5) is 17.6 Å². The highest BCUT2D eigenvalue weighted by Crippen LogP contribution is 2.29. The van der Waals surface area contributed by atoms with Crippen molar-refractivity contribution >= 4 is 23.4 Å². The molecule has 12 heteroatoms. The lowest BCUT2D eigenvalue weighted by Crippen LogP contribution is -2.54. The van der Waals surface area contributed by atoms with Gasteiger partial charge in [-0.15, -0.1) is 0 Å². The van der Waals surface area contributed by atoms with Crippen LogP contribution in [-0.4, -0.2) is 42.0 Å². The highest BCUT2D eigenvalue weighted by Gasteiger charge is 2.31. The molecule has 0 radical (unpaired) electrons. The Morgan fingerprint density at radius 3 is 2.67 bits per heavy atom. The van der Waals surface area contributed by atoms with Crippen molar-refractivity contribution in [1.29, 1.82) is 0 Å². The molecule has 33 heavy (non-hydrogen) atoms. The number of amides is 2. The van der Waals surface area contributed by atoms with E-state index in [-0.39, 0.29) is 41.6 Å². The van der Waals surface area contributed by atoms with Crippen LogP contribution in [0.1, 0.15) is 24.1 Å². The molecule has 2 heterocycles. The summed E-state index contributed by atoms with van der Waals surface area (Å²) in [5, 5.41) is 8.28. The Hall–Kier alpha value is -2.92. The van der Waals surface area contributed by atoms with E-state index < -0.39 is 29.5 Å². The highest BCUT2D eigenvalue weighted by atomic mass is 35.5. The van der Waals surface area contributed by atoms with Gasteiger partial charge in [0.1, 0.15) is 11.6 Å². The third kappa shape index (κ3) is 7.29. The summed E-state index contributed by atoms with van der Waals surface area (Å²) in [5.41, 5.74) is -0.735. The molecule has 0 spiro atoms. The quantitative estimate of drug-likeness (QED) is 0.521. The number of piperidine rings is 1. The van der Waals surface area contributed by atoms with Crippen LogP contribution in [0.25, 0.3) is 0 Å². The molecule has 1 aliphatic heterocycles. The lowest BCUT2D eigenvalue weighted by atomic mass is 10.00. The number of nitrogens with zero attached hydrogens (tertiary/aromatic N) is 1. The molecule has 1 fully saturated rings. The Kier molecular flexibility index (Phi) is 8.09. The first-order valence-electron chi connectivity index (χ1n) is 10.0. The third-order valence-electron chi connectivity index (χ3n) is 4.94. The number of hydrogen-bond donors (Lipinski definition) is 3. The van der Waals surface area contributed by atoms with Crippen LogP contribution in [-0.2, 0) is 22.3 Å². The molecule has 3 rings (SSSR count). The van der Waals surface area contributed by atoms with Crippen molar-refractivity contribution in [2.24, 2.45) is 0 Å². The Morgan fingerprint density at radius 2 is 2.00 bits per heavy atom. The zero-order chi connectivity index (χ0) is 24.0. The Labute approximate surface area is 191 Å². The van der Waals surface area contributed by atoms with Crippen molar-refractivity contribution < 1.29 is 31.9 Å². The molecule has 2 atom stereocenters. The van der Waals surface area contributed by atoms with Gasteiger partial charge in [-0.1, -0.05) is 11.6 Å². The fourth-order valence-electron chi connectivity index (χ4n) is 3.24. The van der Waals surface area contributed by atoms with Crippen LogP contribution in [0.2, 0.25) is 5.02 Å². The summed E-state index contributed by atoms with van der Waals surface area (Å²) in [6.45, 7) is -0.129. The van der Waals surface area contributed by atoms with E-state index in [1.165, 1.54) is 12.1 Å². The number of carbonyl (C=O) groups excluding carboxylic acids is 2. The van der Waals surface area contributed by atoms with Gasteiger partial charge >= 0.3 is 6.18 Å². The number of benzene rings is 1. The van der Waals surface area contributed by atoms with Gasteiger partial charge in [0.2, 0.25) is 5.91 Å². The molecular formula is C21H21ClF4N4O3. The molecular weight excluding hydrogens is 468 g/mol. The van der Waals surface area contributed by atoms with Crippen LogP contribution in [0.5, 0.6) is 5.75 Å². The molecule has 0 aliphatic carbocycles. The maximum Gasteiger partial charge on any atom is 0.416 e. The van der Waals surface area contributed by atoms with E-state index in [4.69, 9.17) is 16.3 Å². The van der Waals surface area contributed by atoms with Gasteiger partial charge in [0, 0.05) is 24.8 Å². The molecule has 0 saturated carbocycles. The molecule has 1 aromatic heterocycles. The fourth-order valence-corrected chi connectivity index (χ4v) is 3.36. The van der Waals surface area contributed by atoms with Crippen molar-refractivity contribution in [3.05, 3.63) is 58.6 Å². The minimum atomic E-state index is -4.48. The Bertz CT molecular complexity index is 998. The molecule has 2 unspecified atom stereocenters. The highest BCUT2D eigenvalue weighted by molar-refractivity contribution is 6.30. The largest absolute Gasteiger partial charge is 0.484 e. The summed E-state index contributed by atoms with van der Waals surface area (Å²) in [4.78, 5) is 28.2. The first kappa shape index (κ1) is 24.7. The standard InChI is InChI=1S/C21H21ClF4N4O3/c22-16-3-2-15(8-17(16)23)33-11-19(31)30-13-1-4-18(28-9-13)20(32)29-10-14-7-12(5-6-27-14)21(24,25)26/h2-3,5-8,13,18,28H,1,4,9-11H2,(H,29,32)(H,30,31). The van der Waals surface area contributed by atoms with Crippen LogP contribution in [0.15, 0.2) is 36.5 Å². The number of aromatic nitrogens is 1. The first-order chi connectivity index (χ1) is 15.6. The number of ether oxygens (including phenoxy) is 1. The van der Waals surface area contributed by atoms with Gasteiger partial charge in [-0.2, -0.15) is 13.2 Å². The minimum absolute atomic E-state index is 0.0511. The molecule has 2 aromatic rings. The maximum absolute atomic E-state index is 13.4. The van der Waals surface area contributed by atoms with E-state index in [0.29, 0.717) is 19.4 Å². The second kappa shape index (κ2) is 10.8. The molecule has 1 aromatic carbocycles. The molecule has 0 bridgehead atoms. The van der Waals surface area contributed by atoms with Gasteiger partial charge in [0.15, 0.2) is 6.61 Å². The maximum atomic E-state index is 13.4. The number of carbonyl (C=O) groups is 2. The average molecular weight is 489 g/mol. The summed E-state index contributed by atoms with van der Waals surface area (Å²) >= 11 is 5.59. The normalized spacial score (nSPS) is 18.5. The molecule has 1 saturated heterocycles. The van der Waals surface area contributed by atoms with E-state index >= 15 is 0 Å². The topological polar surface area (TPSA) is 92.3 Å². The number of nitrogens with one attached hydrogen (secondary N) is 3. The zero-order valence-corrected chi connectivity index (χ0v) is 18.0. The smallest absolute Gasteiger partial charge is 0.416 e. The van der Waals surface area contributed by atoms with Crippen LogP contribution < -0.4 is 20.7 Å². The van der Waals surface area contributed by atoms with E-state index in [0.717, 1.165) is 24.4 Å². The zero-order valence-electron chi connectivity index (χ0n) is 17.2. The second-order valence-electron chi connectivity index (χ2n) is 7.42. The van der Waals surface area contributed by atoms with Crippen molar-refractivity contribution in [3.8, 4) is 5.75 Å². The summed E-state index contributed by atoms with van der Waals surface area (Å²) in [6.07, 6.45) is -2.52. The molecule has 1 aliphatic rings.